The molecule has 0 saturated carbocycles. The second kappa shape index (κ2) is 5.61. The molecular weight excluding hydrogens is 372 g/mol. The molecule has 2 unspecified atom stereocenters. The quantitative estimate of drug-likeness (QED) is 0.803. The first-order valence-electron chi connectivity index (χ1n) is 5.67. The summed E-state index contributed by atoms with van der Waals surface area (Å²) in [6, 6.07) is 3.25. The summed E-state index contributed by atoms with van der Waals surface area (Å²) in [4.78, 5) is 11.2. The molecule has 6 nitrogen and oxygen atoms in total. The lowest BCUT2D eigenvalue weighted by Gasteiger charge is -2.22. The standard InChI is InChI=1S/C11H12BrClN2O4S/c12-6-1-2-10(8(13)3-6)20(18,19)15-5-7(16)4-9(15)11(14)17/h1-3,7,9,16H,4-5H2,(H2,14,17). The van der Waals surface area contributed by atoms with E-state index in [0.717, 1.165) is 4.31 Å². The lowest BCUT2D eigenvalue weighted by atomic mass is 10.2. The first kappa shape index (κ1) is 15.7. The summed E-state index contributed by atoms with van der Waals surface area (Å²) in [6.07, 6.45) is -0.931. The Morgan fingerprint density at radius 3 is 2.70 bits per heavy atom. The van der Waals surface area contributed by atoms with Gasteiger partial charge in [0.05, 0.1) is 11.1 Å². The zero-order valence-electron chi connectivity index (χ0n) is 10.2. The molecule has 1 aliphatic rings. The minimum Gasteiger partial charge on any atom is -0.392 e. The summed E-state index contributed by atoms with van der Waals surface area (Å²) in [7, 11) is -3.99. The van der Waals surface area contributed by atoms with Gasteiger partial charge in [0, 0.05) is 17.4 Å². The molecular formula is C11H12BrClN2O4S. The molecule has 3 N–H and O–H groups in total. The third-order valence-corrected chi connectivity index (χ3v) is 5.89. The number of sulfonamides is 1. The molecule has 9 heteroatoms. The second-order valence-electron chi connectivity index (χ2n) is 4.46. The van der Waals surface area contributed by atoms with Gasteiger partial charge in [0.1, 0.15) is 10.9 Å². The maximum atomic E-state index is 12.5. The molecule has 1 aliphatic heterocycles. The van der Waals surface area contributed by atoms with Crippen LogP contribution in [0.2, 0.25) is 5.02 Å². The van der Waals surface area contributed by atoms with Crippen molar-refractivity contribution in [3.05, 3.63) is 27.7 Å². The molecule has 20 heavy (non-hydrogen) atoms. The number of carbonyl (C=O) groups excluding carboxylic acids is 1. The van der Waals surface area contributed by atoms with E-state index in [9.17, 15) is 18.3 Å². The van der Waals surface area contributed by atoms with E-state index in [-0.39, 0.29) is 22.9 Å². The first-order valence-corrected chi connectivity index (χ1v) is 8.29. The van der Waals surface area contributed by atoms with Crippen molar-refractivity contribution < 1.29 is 18.3 Å². The minimum atomic E-state index is -3.99. The van der Waals surface area contributed by atoms with Crippen LogP contribution in [0.4, 0.5) is 0 Å². The predicted octanol–water partition coefficient (Wildman–Crippen LogP) is 0.712. The Morgan fingerprint density at radius 1 is 1.50 bits per heavy atom. The van der Waals surface area contributed by atoms with Gasteiger partial charge in [-0.3, -0.25) is 4.79 Å². The van der Waals surface area contributed by atoms with Gasteiger partial charge in [0.15, 0.2) is 0 Å². The molecule has 0 aromatic heterocycles. The van der Waals surface area contributed by atoms with Crippen LogP contribution in [-0.4, -0.2) is 42.4 Å². The van der Waals surface area contributed by atoms with Gasteiger partial charge in [0.2, 0.25) is 15.9 Å². The number of benzene rings is 1. The van der Waals surface area contributed by atoms with Gasteiger partial charge < -0.3 is 10.8 Å². The molecule has 1 heterocycles. The maximum Gasteiger partial charge on any atom is 0.245 e. The number of β-amino-alcohol motifs (C(OH)–C–C–N with tert-alkyl or cyclic N) is 1. The number of aliphatic hydroxyl groups excluding tert-OH is 1. The summed E-state index contributed by atoms with van der Waals surface area (Å²) in [5.41, 5.74) is 5.19. The van der Waals surface area contributed by atoms with Crippen LogP contribution in [0.1, 0.15) is 6.42 Å². The van der Waals surface area contributed by atoms with Crippen LogP contribution in [0.15, 0.2) is 27.6 Å². The summed E-state index contributed by atoms with van der Waals surface area (Å²) in [5.74, 6) is -0.793. The minimum absolute atomic E-state index is 0.0112. The maximum absolute atomic E-state index is 12.5. The number of primary amides is 1. The van der Waals surface area contributed by atoms with Crippen molar-refractivity contribution in [3.8, 4) is 0 Å². The van der Waals surface area contributed by atoms with Crippen LogP contribution >= 0.6 is 27.5 Å². The van der Waals surface area contributed by atoms with Crippen molar-refractivity contribution >= 4 is 43.5 Å². The number of nitrogens with zero attached hydrogens (tertiary/aromatic N) is 1. The molecule has 1 aromatic carbocycles. The normalized spacial score (nSPS) is 23.9. The third kappa shape index (κ3) is 2.84. The van der Waals surface area contributed by atoms with Gasteiger partial charge >= 0.3 is 0 Å². The van der Waals surface area contributed by atoms with E-state index < -0.39 is 28.1 Å². The van der Waals surface area contributed by atoms with Gasteiger partial charge in [-0.15, -0.1) is 0 Å². The SMILES string of the molecule is NC(=O)C1CC(O)CN1S(=O)(=O)c1ccc(Br)cc1Cl. The smallest absolute Gasteiger partial charge is 0.245 e. The average Bonchev–Trinajstić information content (AvgIpc) is 2.71. The Bertz CT molecular complexity index is 652. The van der Waals surface area contributed by atoms with E-state index in [2.05, 4.69) is 15.9 Å². The zero-order chi connectivity index (χ0) is 15.1. The number of aliphatic hydroxyl groups is 1. The van der Waals surface area contributed by atoms with Crippen molar-refractivity contribution in [1.29, 1.82) is 0 Å². The number of hydrogen-bond donors (Lipinski definition) is 2. The molecule has 1 aromatic rings. The lowest BCUT2D eigenvalue weighted by molar-refractivity contribution is -0.121. The van der Waals surface area contributed by atoms with Crippen LogP contribution in [0, 0.1) is 0 Å². The van der Waals surface area contributed by atoms with E-state index in [4.69, 9.17) is 17.3 Å². The molecule has 1 amide bonds. The topological polar surface area (TPSA) is 101 Å². The molecule has 2 atom stereocenters. The summed E-state index contributed by atoms with van der Waals surface area (Å²) in [5, 5.41) is 9.62. The highest BCUT2D eigenvalue weighted by Crippen LogP contribution is 2.31. The van der Waals surface area contributed by atoms with Crippen molar-refractivity contribution in [2.45, 2.75) is 23.5 Å². The number of carbonyl (C=O) groups is 1. The number of rotatable bonds is 3. The highest BCUT2D eigenvalue weighted by atomic mass is 79.9. The van der Waals surface area contributed by atoms with E-state index >= 15 is 0 Å². The highest BCUT2D eigenvalue weighted by molar-refractivity contribution is 9.10. The summed E-state index contributed by atoms with van der Waals surface area (Å²) < 4.78 is 26.6. The van der Waals surface area contributed by atoms with E-state index in [0.29, 0.717) is 4.47 Å². The Labute approximate surface area is 129 Å². The summed E-state index contributed by atoms with van der Waals surface area (Å²) >= 11 is 9.13. The average molecular weight is 384 g/mol. The molecule has 0 bridgehead atoms. The zero-order valence-corrected chi connectivity index (χ0v) is 13.3. The van der Waals surface area contributed by atoms with Crippen molar-refractivity contribution in [2.75, 3.05) is 6.54 Å². The van der Waals surface area contributed by atoms with Gasteiger partial charge in [-0.2, -0.15) is 4.31 Å². The van der Waals surface area contributed by atoms with E-state index in [1.807, 2.05) is 0 Å². The molecule has 0 spiro atoms. The first-order chi connectivity index (χ1) is 9.23. The second-order valence-corrected chi connectivity index (χ2v) is 7.64. The predicted molar refractivity (Wildman–Crippen MR) is 76.7 cm³/mol. The molecule has 1 saturated heterocycles. The van der Waals surface area contributed by atoms with E-state index in [1.165, 1.54) is 18.2 Å². The van der Waals surface area contributed by atoms with Crippen LogP contribution in [-0.2, 0) is 14.8 Å². The number of amides is 1. The Balaban J connectivity index is 2.46. The molecule has 0 aliphatic carbocycles. The van der Waals surface area contributed by atoms with E-state index in [1.54, 1.807) is 0 Å². The Kier molecular flexibility index (Phi) is 4.41. The molecule has 0 radical (unpaired) electrons. The van der Waals surface area contributed by atoms with Crippen molar-refractivity contribution in [1.82, 2.24) is 4.31 Å². The lowest BCUT2D eigenvalue weighted by Crippen LogP contribution is -2.43. The van der Waals surface area contributed by atoms with Gasteiger partial charge in [-0.25, -0.2) is 8.42 Å². The van der Waals surface area contributed by atoms with Gasteiger partial charge in [-0.1, -0.05) is 27.5 Å². The van der Waals surface area contributed by atoms with Gasteiger partial charge in [0.25, 0.3) is 0 Å². The van der Waals surface area contributed by atoms with Crippen LogP contribution < -0.4 is 5.73 Å². The van der Waals surface area contributed by atoms with Crippen molar-refractivity contribution in [2.24, 2.45) is 5.73 Å². The number of nitrogens with two attached hydrogens (primary N) is 1. The van der Waals surface area contributed by atoms with Crippen LogP contribution in [0.5, 0.6) is 0 Å². The number of hydrogen-bond acceptors (Lipinski definition) is 4. The monoisotopic (exact) mass is 382 g/mol. The fourth-order valence-corrected chi connectivity index (χ4v) is 4.78. The van der Waals surface area contributed by atoms with Gasteiger partial charge in [-0.05, 0) is 18.2 Å². The molecule has 110 valence electrons. The summed E-state index contributed by atoms with van der Waals surface area (Å²) in [6.45, 7) is -0.178. The van der Waals surface area contributed by atoms with Crippen molar-refractivity contribution in [3.63, 3.8) is 0 Å². The van der Waals surface area contributed by atoms with Crippen LogP contribution in [0.3, 0.4) is 0 Å². The third-order valence-electron chi connectivity index (χ3n) is 3.04. The Hall–Kier alpha value is -0.670. The fourth-order valence-electron chi connectivity index (χ4n) is 2.12. The fraction of sp³-hybridized carbons (Fsp3) is 0.364. The Morgan fingerprint density at radius 2 is 2.15 bits per heavy atom. The van der Waals surface area contributed by atoms with Crippen LogP contribution in [0.25, 0.3) is 0 Å². The molecule has 2 rings (SSSR count). The largest absolute Gasteiger partial charge is 0.392 e. The highest BCUT2D eigenvalue weighted by Gasteiger charge is 2.43. The number of halogens is 2. The molecule has 1 fully saturated rings.